The summed E-state index contributed by atoms with van der Waals surface area (Å²) < 4.78 is 46.0. The second-order valence-corrected chi connectivity index (χ2v) is 9.32. The van der Waals surface area contributed by atoms with E-state index in [0.717, 1.165) is 67.7 Å². The Hall–Kier alpha value is -2.98. The molecule has 2 atom stereocenters. The number of rotatable bonds is 4. The number of benzene rings is 1. The molecular formula is C25H29F3N6O. The lowest BCUT2D eigenvalue weighted by molar-refractivity contribution is -0.138. The largest absolute Gasteiger partial charge is 0.416 e. The van der Waals surface area contributed by atoms with Gasteiger partial charge in [0.25, 0.3) is 0 Å². The van der Waals surface area contributed by atoms with Gasteiger partial charge in [0.05, 0.1) is 36.6 Å². The first-order valence-corrected chi connectivity index (χ1v) is 11.9. The van der Waals surface area contributed by atoms with Crippen LogP contribution in [-0.4, -0.2) is 65.5 Å². The highest BCUT2D eigenvalue weighted by molar-refractivity contribution is 5.94. The summed E-state index contributed by atoms with van der Waals surface area (Å²) in [6, 6.07) is 6.21. The maximum Gasteiger partial charge on any atom is 0.416 e. The molecule has 2 aliphatic heterocycles. The van der Waals surface area contributed by atoms with Crippen LogP contribution < -0.4 is 10.2 Å². The van der Waals surface area contributed by atoms with E-state index in [9.17, 15) is 13.2 Å². The second-order valence-electron chi connectivity index (χ2n) is 9.32. The molecule has 7 nitrogen and oxygen atoms in total. The Morgan fingerprint density at radius 2 is 1.94 bits per heavy atom. The number of alkyl halides is 3. The summed E-state index contributed by atoms with van der Waals surface area (Å²) in [4.78, 5) is 9.43. The van der Waals surface area contributed by atoms with Crippen LogP contribution in [0.5, 0.6) is 0 Å². The summed E-state index contributed by atoms with van der Waals surface area (Å²) in [5.41, 5.74) is 0.899. The number of nitrogens with zero attached hydrogens (tertiary/aromatic N) is 5. The van der Waals surface area contributed by atoms with E-state index in [1.54, 1.807) is 6.07 Å². The molecule has 0 amide bonds. The number of aromatic nitrogens is 3. The van der Waals surface area contributed by atoms with Crippen LogP contribution in [0.4, 0.5) is 24.8 Å². The third kappa shape index (κ3) is 4.64. The number of piperazine rings is 1. The van der Waals surface area contributed by atoms with Gasteiger partial charge in [-0.05, 0) is 44.0 Å². The fourth-order valence-electron chi connectivity index (χ4n) is 5.11. The minimum Gasteiger partial charge on any atom is -0.378 e. The minimum absolute atomic E-state index is 0.208. The lowest BCUT2D eigenvalue weighted by Gasteiger charge is -2.44. The van der Waals surface area contributed by atoms with Crippen molar-refractivity contribution in [1.29, 1.82) is 0 Å². The molecule has 2 saturated heterocycles. The van der Waals surface area contributed by atoms with Gasteiger partial charge in [0.1, 0.15) is 5.82 Å². The Balaban J connectivity index is 1.45. The molecule has 186 valence electrons. The van der Waals surface area contributed by atoms with Crippen LogP contribution in [0.25, 0.3) is 10.8 Å². The number of hydrogen-bond acceptors (Lipinski definition) is 7. The highest BCUT2D eigenvalue weighted by Gasteiger charge is 2.33. The molecule has 0 aliphatic carbocycles. The summed E-state index contributed by atoms with van der Waals surface area (Å²) in [6.45, 7) is 10.3. The van der Waals surface area contributed by atoms with Crippen LogP contribution in [0.3, 0.4) is 0 Å². The summed E-state index contributed by atoms with van der Waals surface area (Å²) in [5.74, 6) is 1.37. The van der Waals surface area contributed by atoms with Gasteiger partial charge < -0.3 is 15.0 Å². The summed E-state index contributed by atoms with van der Waals surface area (Å²) >= 11 is 0. The van der Waals surface area contributed by atoms with Crippen molar-refractivity contribution in [2.24, 2.45) is 0 Å². The van der Waals surface area contributed by atoms with Crippen molar-refractivity contribution in [2.75, 3.05) is 49.6 Å². The zero-order valence-electron chi connectivity index (χ0n) is 20.1. The Labute approximate surface area is 202 Å². The number of morpholine rings is 1. The molecule has 2 fully saturated rings. The van der Waals surface area contributed by atoms with Gasteiger partial charge in [-0.3, -0.25) is 4.90 Å². The van der Waals surface area contributed by atoms with E-state index in [4.69, 9.17) is 9.72 Å². The van der Waals surface area contributed by atoms with E-state index in [-0.39, 0.29) is 5.56 Å². The molecule has 5 rings (SSSR count). The van der Waals surface area contributed by atoms with Crippen LogP contribution in [-0.2, 0) is 10.9 Å². The van der Waals surface area contributed by atoms with E-state index < -0.39 is 17.8 Å². The lowest BCUT2D eigenvalue weighted by atomic mass is 9.97. The van der Waals surface area contributed by atoms with Gasteiger partial charge in [0, 0.05) is 43.1 Å². The number of fused-ring (bicyclic) bond motifs is 2. The molecular weight excluding hydrogens is 457 g/mol. The average molecular weight is 487 g/mol. The summed E-state index contributed by atoms with van der Waals surface area (Å²) in [5, 5.41) is 13.6. The third-order valence-electron chi connectivity index (χ3n) is 7.10. The number of hydrogen-bond donors (Lipinski definition) is 1. The van der Waals surface area contributed by atoms with Crippen molar-refractivity contribution < 1.29 is 17.9 Å². The fraction of sp³-hybridized carbons (Fsp3) is 0.480. The van der Waals surface area contributed by atoms with E-state index in [2.05, 4.69) is 25.3 Å². The SMILES string of the molecule is Cc1c([C@@H](C)Nc2nnc(C)c3cnc(N4CCN5CCOC[C@@H]5C4)cc23)cccc1C(F)(F)F. The smallest absolute Gasteiger partial charge is 0.378 e. The van der Waals surface area contributed by atoms with E-state index in [1.807, 2.05) is 26.1 Å². The number of nitrogens with one attached hydrogen (secondary N) is 1. The van der Waals surface area contributed by atoms with Crippen LogP contribution >= 0.6 is 0 Å². The normalized spacial score (nSPS) is 20.1. The molecule has 10 heteroatoms. The van der Waals surface area contributed by atoms with E-state index in [0.29, 0.717) is 17.4 Å². The average Bonchev–Trinajstić information content (AvgIpc) is 2.84. The Morgan fingerprint density at radius 3 is 2.74 bits per heavy atom. The van der Waals surface area contributed by atoms with Gasteiger partial charge in [-0.1, -0.05) is 12.1 Å². The van der Waals surface area contributed by atoms with Gasteiger partial charge in [-0.15, -0.1) is 5.10 Å². The van der Waals surface area contributed by atoms with Gasteiger partial charge >= 0.3 is 6.18 Å². The molecule has 4 heterocycles. The molecule has 2 aromatic heterocycles. The van der Waals surface area contributed by atoms with E-state index in [1.165, 1.54) is 13.0 Å². The molecule has 1 aromatic carbocycles. The Bertz CT molecular complexity index is 1230. The third-order valence-corrected chi connectivity index (χ3v) is 7.10. The Morgan fingerprint density at radius 1 is 1.11 bits per heavy atom. The molecule has 0 radical (unpaired) electrons. The first kappa shape index (κ1) is 23.7. The van der Waals surface area contributed by atoms with Gasteiger partial charge in [-0.2, -0.15) is 18.3 Å². The number of halogens is 3. The maximum atomic E-state index is 13.4. The standard InChI is InChI=1S/C25H29F3N6O/c1-15-19(5-4-6-22(15)25(26,27)28)16(2)30-24-20-11-23(29-12-21(20)17(3)31-32-24)34-8-7-33-9-10-35-14-18(33)13-34/h4-6,11-12,16,18H,7-10,13-14H2,1-3H3,(H,30,32)/t16-,18+/m1/s1. The first-order valence-electron chi connectivity index (χ1n) is 11.9. The maximum absolute atomic E-state index is 13.4. The molecule has 1 N–H and O–H groups in total. The highest BCUT2D eigenvalue weighted by Crippen LogP contribution is 2.36. The zero-order chi connectivity index (χ0) is 24.7. The molecule has 0 bridgehead atoms. The minimum atomic E-state index is -4.40. The van der Waals surface area contributed by atoms with Crippen LogP contribution in [0, 0.1) is 13.8 Å². The monoisotopic (exact) mass is 486 g/mol. The molecule has 2 aliphatic rings. The van der Waals surface area contributed by atoms with Crippen molar-refractivity contribution in [2.45, 2.75) is 39.0 Å². The number of pyridine rings is 1. The predicted molar refractivity (Wildman–Crippen MR) is 129 cm³/mol. The fourth-order valence-corrected chi connectivity index (χ4v) is 5.11. The quantitative estimate of drug-likeness (QED) is 0.588. The van der Waals surface area contributed by atoms with Crippen molar-refractivity contribution in [3.63, 3.8) is 0 Å². The van der Waals surface area contributed by atoms with Crippen molar-refractivity contribution in [1.82, 2.24) is 20.1 Å². The first-order chi connectivity index (χ1) is 16.7. The number of aryl methyl sites for hydroxylation is 1. The highest BCUT2D eigenvalue weighted by atomic mass is 19.4. The number of ether oxygens (including phenoxy) is 1. The molecule has 0 saturated carbocycles. The molecule has 0 unspecified atom stereocenters. The number of anilines is 2. The molecule has 3 aromatic rings. The topological polar surface area (TPSA) is 66.4 Å². The van der Waals surface area contributed by atoms with Crippen LogP contribution in [0.15, 0.2) is 30.5 Å². The van der Waals surface area contributed by atoms with Crippen molar-refractivity contribution in [3.05, 3.63) is 52.8 Å². The molecule has 35 heavy (non-hydrogen) atoms. The van der Waals surface area contributed by atoms with Crippen molar-refractivity contribution >= 4 is 22.4 Å². The Kier molecular flexibility index (Phi) is 6.27. The van der Waals surface area contributed by atoms with Crippen LogP contribution in [0.1, 0.15) is 35.3 Å². The van der Waals surface area contributed by atoms with Crippen molar-refractivity contribution in [3.8, 4) is 0 Å². The predicted octanol–water partition coefficient (Wildman–Crippen LogP) is 4.35. The van der Waals surface area contributed by atoms with E-state index >= 15 is 0 Å². The van der Waals surface area contributed by atoms with Gasteiger partial charge in [0.15, 0.2) is 5.82 Å². The van der Waals surface area contributed by atoms with Gasteiger partial charge in [-0.25, -0.2) is 4.98 Å². The lowest BCUT2D eigenvalue weighted by Crippen LogP contribution is -2.58. The van der Waals surface area contributed by atoms with Gasteiger partial charge in [0.2, 0.25) is 0 Å². The zero-order valence-corrected chi connectivity index (χ0v) is 20.1. The molecule has 0 spiro atoms. The summed E-state index contributed by atoms with van der Waals surface area (Å²) in [7, 11) is 0. The summed E-state index contributed by atoms with van der Waals surface area (Å²) in [6.07, 6.45) is -2.59. The van der Waals surface area contributed by atoms with Crippen LogP contribution in [0.2, 0.25) is 0 Å². The second kappa shape index (κ2) is 9.23.